The van der Waals surface area contributed by atoms with E-state index in [4.69, 9.17) is 14.2 Å². The highest BCUT2D eigenvalue weighted by Crippen LogP contribution is 2.18. The molecule has 0 aliphatic carbocycles. The minimum Gasteiger partial charge on any atom is -0.462 e. The second-order valence-corrected chi connectivity index (χ2v) is 21.3. The van der Waals surface area contributed by atoms with Crippen molar-refractivity contribution >= 4 is 17.9 Å². The molecule has 0 aromatic rings. The highest BCUT2D eigenvalue weighted by molar-refractivity contribution is 5.71. The molecule has 0 aromatic heterocycles. The lowest BCUT2D eigenvalue weighted by Gasteiger charge is -2.18. The first kappa shape index (κ1) is 67.9. The molecule has 0 aliphatic heterocycles. The van der Waals surface area contributed by atoms with Crippen molar-refractivity contribution in [1.29, 1.82) is 0 Å². The van der Waals surface area contributed by atoms with E-state index in [9.17, 15) is 14.4 Å². The zero-order chi connectivity index (χ0) is 50.7. The van der Waals surface area contributed by atoms with Crippen LogP contribution in [0.1, 0.15) is 348 Å². The van der Waals surface area contributed by atoms with E-state index in [1.54, 1.807) is 0 Å². The molecule has 0 amide bonds. The van der Waals surface area contributed by atoms with Gasteiger partial charge in [0, 0.05) is 19.3 Å². The van der Waals surface area contributed by atoms with Gasteiger partial charge < -0.3 is 14.2 Å². The highest BCUT2D eigenvalue weighted by Gasteiger charge is 2.19. The fourth-order valence-corrected chi connectivity index (χ4v) is 9.48. The maximum atomic E-state index is 12.8. The third-order valence-corrected chi connectivity index (χ3v) is 14.2. The molecule has 1 unspecified atom stereocenters. The van der Waals surface area contributed by atoms with Gasteiger partial charge >= 0.3 is 17.9 Å². The Morgan fingerprint density at radius 2 is 0.514 bits per heavy atom. The van der Waals surface area contributed by atoms with Crippen molar-refractivity contribution in [2.45, 2.75) is 354 Å². The van der Waals surface area contributed by atoms with Crippen LogP contribution in [-0.2, 0) is 28.6 Å². The minimum absolute atomic E-state index is 0.0644. The van der Waals surface area contributed by atoms with Crippen molar-refractivity contribution in [3.63, 3.8) is 0 Å². The number of rotatable bonds is 58. The van der Waals surface area contributed by atoms with Gasteiger partial charge in [0.05, 0.1) is 0 Å². The van der Waals surface area contributed by atoms with Gasteiger partial charge in [0.25, 0.3) is 0 Å². The van der Waals surface area contributed by atoms with Gasteiger partial charge in [0.1, 0.15) is 13.2 Å². The molecule has 70 heavy (non-hydrogen) atoms. The number of hydrogen-bond acceptors (Lipinski definition) is 6. The third kappa shape index (κ3) is 56.8. The average molecular weight is 986 g/mol. The fraction of sp³-hybridized carbons (Fsp3) is 0.891. The first-order valence-electron chi connectivity index (χ1n) is 31.3. The lowest BCUT2D eigenvalue weighted by Crippen LogP contribution is -2.30. The van der Waals surface area contributed by atoms with Gasteiger partial charge in [-0.2, -0.15) is 0 Å². The van der Waals surface area contributed by atoms with E-state index >= 15 is 0 Å². The zero-order valence-electron chi connectivity index (χ0n) is 47.3. The Labute approximate surface area is 436 Å². The summed E-state index contributed by atoms with van der Waals surface area (Å²) in [6.45, 7) is 6.64. The van der Waals surface area contributed by atoms with Crippen LogP contribution < -0.4 is 0 Å². The van der Waals surface area contributed by atoms with Crippen LogP contribution in [-0.4, -0.2) is 37.2 Å². The summed E-state index contributed by atoms with van der Waals surface area (Å²) < 4.78 is 16.8. The summed E-state index contributed by atoms with van der Waals surface area (Å²) in [5.41, 5.74) is 0. The first-order valence-corrected chi connectivity index (χ1v) is 31.3. The normalized spacial score (nSPS) is 12.1. The second-order valence-electron chi connectivity index (χ2n) is 21.3. The van der Waals surface area contributed by atoms with E-state index in [0.29, 0.717) is 19.3 Å². The van der Waals surface area contributed by atoms with Crippen molar-refractivity contribution in [2.75, 3.05) is 13.2 Å². The number of carbonyl (C=O) groups excluding carboxylic acids is 3. The standard InChI is InChI=1S/C64H120O6/c1-4-7-10-13-16-19-21-22-23-24-25-26-27-28-29-30-31-32-33-34-35-36-37-38-39-40-41-42-44-45-48-51-54-57-63(66)69-60-61(59-68-62(65)56-53-50-47-18-15-12-9-6-3)70-64(67)58-55-52-49-46-43-20-17-14-11-8-5-2/h21-22,24-25,61H,4-20,23,26-60H2,1-3H3/b22-21-,25-24-. The minimum atomic E-state index is -0.762. The summed E-state index contributed by atoms with van der Waals surface area (Å²) in [5, 5.41) is 0. The first-order chi connectivity index (χ1) is 34.5. The Morgan fingerprint density at radius 3 is 0.786 bits per heavy atom. The SMILES string of the molecule is CCCCCCC/C=C\C/C=C\CCCCCCCCCCCCCCCCCCCCCCCC(=O)OCC(COC(=O)CCCCCCCCCC)OC(=O)CCCCCCCCCCCCC. The number of ether oxygens (including phenoxy) is 3. The van der Waals surface area contributed by atoms with E-state index in [0.717, 1.165) is 64.2 Å². The van der Waals surface area contributed by atoms with Crippen molar-refractivity contribution in [2.24, 2.45) is 0 Å². The molecule has 0 heterocycles. The van der Waals surface area contributed by atoms with Crippen LogP contribution in [0.15, 0.2) is 24.3 Å². The van der Waals surface area contributed by atoms with Gasteiger partial charge in [0.2, 0.25) is 0 Å². The predicted octanol–water partition coefficient (Wildman–Crippen LogP) is 21.1. The summed E-state index contributed by atoms with van der Waals surface area (Å²) in [6.07, 6.45) is 70.8. The van der Waals surface area contributed by atoms with Gasteiger partial charge in [-0.1, -0.05) is 302 Å². The Bertz CT molecular complexity index is 1130. The summed E-state index contributed by atoms with van der Waals surface area (Å²) in [6, 6.07) is 0. The van der Waals surface area contributed by atoms with Crippen molar-refractivity contribution in [3.05, 3.63) is 24.3 Å². The third-order valence-electron chi connectivity index (χ3n) is 14.2. The second kappa shape index (κ2) is 59.5. The van der Waals surface area contributed by atoms with Crippen LogP contribution in [0.3, 0.4) is 0 Å². The van der Waals surface area contributed by atoms with E-state index in [1.807, 2.05) is 0 Å². The molecule has 0 saturated heterocycles. The smallest absolute Gasteiger partial charge is 0.306 e. The van der Waals surface area contributed by atoms with Crippen molar-refractivity contribution < 1.29 is 28.6 Å². The topological polar surface area (TPSA) is 78.9 Å². The largest absolute Gasteiger partial charge is 0.462 e. The number of unbranched alkanes of at least 4 members (excludes halogenated alkanes) is 43. The van der Waals surface area contributed by atoms with Gasteiger partial charge in [-0.25, -0.2) is 0 Å². The van der Waals surface area contributed by atoms with E-state index in [2.05, 4.69) is 45.1 Å². The van der Waals surface area contributed by atoms with Crippen LogP contribution in [0, 0.1) is 0 Å². The number of carbonyl (C=O) groups is 3. The summed E-state index contributed by atoms with van der Waals surface area (Å²) in [7, 11) is 0. The van der Waals surface area contributed by atoms with Gasteiger partial charge in [-0.15, -0.1) is 0 Å². The summed E-state index contributed by atoms with van der Waals surface area (Å²) in [4.78, 5) is 37.9. The molecule has 0 rings (SSSR count). The fourth-order valence-electron chi connectivity index (χ4n) is 9.48. The highest BCUT2D eigenvalue weighted by atomic mass is 16.6. The molecule has 0 aromatic carbocycles. The maximum Gasteiger partial charge on any atom is 0.306 e. The quantitative estimate of drug-likeness (QED) is 0.0261. The Kier molecular flexibility index (Phi) is 57.7. The number of esters is 3. The molecule has 0 saturated carbocycles. The Morgan fingerprint density at radius 1 is 0.286 bits per heavy atom. The predicted molar refractivity (Wildman–Crippen MR) is 303 cm³/mol. The molecule has 412 valence electrons. The molecular weight excluding hydrogens is 865 g/mol. The molecule has 0 N–H and O–H groups in total. The average Bonchev–Trinajstić information content (AvgIpc) is 3.36. The van der Waals surface area contributed by atoms with Crippen LogP contribution in [0.2, 0.25) is 0 Å². The van der Waals surface area contributed by atoms with Crippen LogP contribution in [0.25, 0.3) is 0 Å². The zero-order valence-corrected chi connectivity index (χ0v) is 47.3. The van der Waals surface area contributed by atoms with Gasteiger partial charge in [-0.3, -0.25) is 14.4 Å². The van der Waals surface area contributed by atoms with E-state index in [-0.39, 0.29) is 31.1 Å². The number of hydrogen-bond donors (Lipinski definition) is 0. The van der Waals surface area contributed by atoms with E-state index in [1.165, 1.54) is 244 Å². The molecular formula is C64H120O6. The summed E-state index contributed by atoms with van der Waals surface area (Å²) in [5.74, 6) is -0.849. The maximum absolute atomic E-state index is 12.8. The Hall–Kier alpha value is -2.11. The molecule has 0 spiro atoms. The molecule has 0 fully saturated rings. The van der Waals surface area contributed by atoms with Crippen molar-refractivity contribution in [1.82, 2.24) is 0 Å². The molecule has 6 nitrogen and oxygen atoms in total. The summed E-state index contributed by atoms with van der Waals surface area (Å²) >= 11 is 0. The monoisotopic (exact) mass is 985 g/mol. The van der Waals surface area contributed by atoms with Gasteiger partial charge in [0.15, 0.2) is 6.10 Å². The van der Waals surface area contributed by atoms with Crippen LogP contribution in [0.5, 0.6) is 0 Å². The van der Waals surface area contributed by atoms with E-state index < -0.39 is 6.10 Å². The molecule has 0 bridgehead atoms. The molecule has 0 aliphatic rings. The lowest BCUT2D eigenvalue weighted by molar-refractivity contribution is -0.167. The van der Waals surface area contributed by atoms with Crippen LogP contribution in [0.4, 0.5) is 0 Å². The molecule has 0 radical (unpaired) electrons. The van der Waals surface area contributed by atoms with Crippen molar-refractivity contribution in [3.8, 4) is 0 Å². The van der Waals surface area contributed by atoms with Gasteiger partial charge in [-0.05, 0) is 51.4 Å². The Balaban J connectivity index is 3.91. The van der Waals surface area contributed by atoms with Crippen LogP contribution >= 0.6 is 0 Å². The number of allylic oxidation sites excluding steroid dienone is 4. The molecule has 6 heteroatoms. The lowest BCUT2D eigenvalue weighted by atomic mass is 10.0. The molecule has 1 atom stereocenters.